The van der Waals surface area contributed by atoms with Crippen molar-refractivity contribution in [1.29, 1.82) is 0 Å². The molecule has 1 fully saturated rings. The predicted molar refractivity (Wildman–Crippen MR) is 122 cm³/mol. The van der Waals surface area contributed by atoms with Gasteiger partial charge in [-0.2, -0.15) is 0 Å². The number of carbonyl (C=O) groups is 1. The van der Waals surface area contributed by atoms with Crippen molar-refractivity contribution in [3.05, 3.63) is 59.7 Å². The van der Waals surface area contributed by atoms with Crippen LogP contribution < -0.4 is 4.90 Å². The number of nitrogens with zero attached hydrogens (tertiary/aromatic N) is 4. The largest absolute Gasteiger partial charge is 0.362 e. The topological polar surface area (TPSA) is 64.2 Å². The van der Waals surface area contributed by atoms with E-state index >= 15 is 0 Å². The summed E-state index contributed by atoms with van der Waals surface area (Å²) in [6, 6.07) is 15.6. The molecular formula is C23H30N4O3S. The van der Waals surface area contributed by atoms with Crippen LogP contribution in [0.15, 0.2) is 53.4 Å². The van der Waals surface area contributed by atoms with Crippen LogP contribution in [0.4, 0.5) is 5.69 Å². The van der Waals surface area contributed by atoms with Crippen molar-refractivity contribution in [2.45, 2.75) is 17.9 Å². The van der Waals surface area contributed by atoms with Gasteiger partial charge in [0.05, 0.1) is 11.4 Å². The molecule has 0 bridgehead atoms. The fourth-order valence-electron chi connectivity index (χ4n) is 4.22. The molecule has 166 valence electrons. The van der Waals surface area contributed by atoms with Gasteiger partial charge in [-0.25, -0.2) is 12.7 Å². The maximum Gasteiger partial charge on any atom is 0.242 e. The molecule has 0 aliphatic carbocycles. The number of hydrogen-bond donors (Lipinski definition) is 0. The number of amides is 1. The third kappa shape index (κ3) is 4.76. The molecule has 31 heavy (non-hydrogen) atoms. The molecule has 2 aromatic carbocycles. The van der Waals surface area contributed by atoms with Crippen LogP contribution in [0.3, 0.4) is 0 Å². The molecule has 0 N–H and O–H groups in total. The van der Waals surface area contributed by atoms with E-state index in [2.05, 4.69) is 29.2 Å². The van der Waals surface area contributed by atoms with Crippen molar-refractivity contribution >= 4 is 21.6 Å². The van der Waals surface area contributed by atoms with Crippen LogP contribution in [0.2, 0.25) is 0 Å². The maximum atomic E-state index is 13.0. The smallest absolute Gasteiger partial charge is 0.242 e. The van der Waals surface area contributed by atoms with Gasteiger partial charge in [0.1, 0.15) is 0 Å². The molecule has 2 aliphatic rings. The van der Waals surface area contributed by atoms with Crippen molar-refractivity contribution < 1.29 is 13.2 Å². The van der Waals surface area contributed by atoms with Gasteiger partial charge in [-0.3, -0.25) is 9.69 Å². The Morgan fingerprint density at radius 2 is 1.68 bits per heavy atom. The van der Waals surface area contributed by atoms with Gasteiger partial charge in [0.2, 0.25) is 15.9 Å². The predicted octanol–water partition coefficient (Wildman–Crippen LogP) is 1.64. The maximum absolute atomic E-state index is 13.0. The van der Waals surface area contributed by atoms with Crippen molar-refractivity contribution in [3.63, 3.8) is 0 Å². The van der Waals surface area contributed by atoms with E-state index in [1.54, 1.807) is 12.1 Å². The standard InChI is InChI=1S/C23H30N4O3S/c1-24(2)31(29,30)21-9-8-20-10-11-27(22(20)16-21)18-23(28)26-14-12-25(13-15-26)17-19-6-4-3-5-7-19/h3-9,16H,10-15,17-18H2,1-2H3. The van der Waals surface area contributed by atoms with E-state index < -0.39 is 10.0 Å². The molecule has 0 atom stereocenters. The van der Waals surface area contributed by atoms with Gasteiger partial charge in [0.15, 0.2) is 0 Å². The highest BCUT2D eigenvalue weighted by atomic mass is 32.2. The molecule has 7 nitrogen and oxygen atoms in total. The fraction of sp³-hybridized carbons (Fsp3) is 0.435. The van der Waals surface area contributed by atoms with Crippen LogP contribution in [0.1, 0.15) is 11.1 Å². The van der Waals surface area contributed by atoms with E-state index in [9.17, 15) is 13.2 Å². The fourth-order valence-corrected chi connectivity index (χ4v) is 5.14. The number of rotatable bonds is 6. The highest BCUT2D eigenvalue weighted by Crippen LogP contribution is 2.31. The first-order valence-electron chi connectivity index (χ1n) is 10.7. The highest BCUT2D eigenvalue weighted by Gasteiger charge is 2.28. The van der Waals surface area contributed by atoms with E-state index in [1.165, 1.54) is 24.0 Å². The lowest BCUT2D eigenvalue weighted by molar-refractivity contribution is -0.131. The van der Waals surface area contributed by atoms with Crippen LogP contribution in [0.25, 0.3) is 0 Å². The summed E-state index contributed by atoms with van der Waals surface area (Å²) in [5.41, 5.74) is 3.25. The number of anilines is 1. The number of hydrogen-bond acceptors (Lipinski definition) is 5. The van der Waals surface area contributed by atoms with Crippen LogP contribution in [-0.2, 0) is 27.8 Å². The van der Waals surface area contributed by atoms with Crippen LogP contribution in [0.5, 0.6) is 0 Å². The molecule has 1 amide bonds. The Kier molecular flexibility index (Phi) is 6.31. The average molecular weight is 443 g/mol. The van der Waals surface area contributed by atoms with E-state index in [1.807, 2.05) is 21.9 Å². The molecule has 2 aromatic rings. The van der Waals surface area contributed by atoms with Crippen LogP contribution in [0, 0.1) is 0 Å². The first-order valence-corrected chi connectivity index (χ1v) is 12.1. The Bertz CT molecular complexity index is 1030. The number of sulfonamides is 1. The van der Waals surface area contributed by atoms with Gasteiger partial charge < -0.3 is 9.80 Å². The van der Waals surface area contributed by atoms with E-state index in [-0.39, 0.29) is 17.3 Å². The van der Waals surface area contributed by atoms with E-state index in [0.717, 1.165) is 56.9 Å². The Labute approximate surface area is 184 Å². The Morgan fingerprint density at radius 3 is 2.35 bits per heavy atom. The number of carbonyl (C=O) groups excluding carboxylic acids is 1. The second-order valence-corrected chi connectivity index (χ2v) is 10.5. The van der Waals surface area contributed by atoms with Crippen molar-refractivity contribution in [1.82, 2.24) is 14.1 Å². The highest BCUT2D eigenvalue weighted by molar-refractivity contribution is 7.89. The molecule has 2 aliphatic heterocycles. The van der Waals surface area contributed by atoms with Gasteiger partial charge >= 0.3 is 0 Å². The van der Waals surface area contributed by atoms with Gasteiger partial charge in [0.25, 0.3) is 0 Å². The lowest BCUT2D eigenvalue weighted by Gasteiger charge is -2.35. The first kappa shape index (κ1) is 21.8. The molecule has 0 saturated carbocycles. The Hall–Kier alpha value is -2.42. The first-order chi connectivity index (χ1) is 14.8. The molecule has 8 heteroatoms. The molecule has 4 rings (SSSR count). The molecule has 0 spiro atoms. The lowest BCUT2D eigenvalue weighted by atomic mass is 10.2. The zero-order valence-electron chi connectivity index (χ0n) is 18.2. The Morgan fingerprint density at radius 1 is 0.968 bits per heavy atom. The van der Waals surface area contributed by atoms with Crippen LogP contribution in [-0.4, -0.2) is 81.8 Å². The molecule has 0 radical (unpaired) electrons. The summed E-state index contributed by atoms with van der Waals surface area (Å²) in [6.45, 7) is 5.11. The van der Waals surface area contributed by atoms with E-state index in [0.29, 0.717) is 0 Å². The Balaban J connectivity index is 1.36. The monoisotopic (exact) mass is 442 g/mol. The summed E-state index contributed by atoms with van der Waals surface area (Å²) >= 11 is 0. The van der Waals surface area contributed by atoms with Crippen molar-refractivity contribution in [2.24, 2.45) is 0 Å². The summed E-state index contributed by atoms with van der Waals surface area (Å²) in [4.78, 5) is 19.6. The summed E-state index contributed by atoms with van der Waals surface area (Å²) in [5.74, 6) is 0.105. The minimum absolute atomic E-state index is 0.105. The van der Waals surface area contributed by atoms with Gasteiger partial charge in [-0.05, 0) is 29.7 Å². The summed E-state index contributed by atoms with van der Waals surface area (Å²) in [5, 5.41) is 0. The third-order valence-electron chi connectivity index (χ3n) is 6.13. The van der Waals surface area contributed by atoms with Gasteiger partial charge in [-0.15, -0.1) is 0 Å². The van der Waals surface area contributed by atoms with Crippen molar-refractivity contribution in [3.8, 4) is 0 Å². The molecule has 2 heterocycles. The minimum atomic E-state index is -3.50. The zero-order chi connectivity index (χ0) is 22.0. The SMILES string of the molecule is CN(C)S(=O)(=O)c1ccc2c(c1)N(CC(=O)N1CCN(Cc3ccccc3)CC1)CC2. The minimum Gasteiger partial charge on any atom is -0.362 e. The molecule has 0 unspecified atom stereocenters. The summed E-state index contributed by atoms with van der Waals surface area (Å²) in [6.07, 6.45) is 0.829. The van der Waals surface area contributed by atoms with Gasteiger partial charge in [-0.1, -0.05) is 36.4 Å². The second kappa shape index (κ2) is 8.98. The number of piperazine rings is 1. The zero-order valence-corrected chi connectivity index (χ0v) is 19.0. The average Bonchev–Trinajstić information content (AvgIpc) is 3.17. The normalized spacial score (nSPS) is 17.3. The number of fused-ring (bicyclic) bond motifs is 1. The summed E-state index contributed by atoms with van der Waals surface area (Å²) in [7, 11) is -0.439. The third-order valence-corrected chi connectivity index (χ3v) is 7.94. The number of benzene rings is 2. The van der Waals surface area contributed by atoms with Crippen molar-refractivity contribution in [2.75, 3.05) is 58.3 Å². The summed E-state index contributed by atoms with van der Waals surface area (Å²) < 4.78 is 26.2. The second-order valence-electron chi connectivity index (χ2n) is 8.39. The van der Waals surface area contributed by atoms with Crippen LogP contribution >= 0.6 is 0 Å². The molecule has 1 saturated heterocycles. The van der Waals surface area contributed by atoms with Gasteiger partial charge in [0, 0.05) is 59.1 Å². The molecule has 0 aromatic heterocycles. The molecular weight excluding hydrogens is 412 g/mol. The lowest BCUT2D eigenvalue weighted by Crippen LogP contribution is -2.50. The quantitative estimate of drug-likeness (QED) is 0.681. The van der Waals surface area contributed by atoms with E-state index in [4.69, 9.17) is 0 Å².